The van der Waals surface area contributed by atoms with Crippen LogP contribution in [0.2, 0.25) is 0 Å². The number of ether oxygens (including phenoxy) is 1. The molecule has 0 bridgehead atoms. The van der Waals surface area contributed by atoms with Crippen molar-refractivity contribution in [2.45, 2.75) is 12.8 Å². The van der Waals surface area contributed by atoms with E-state index >= 15 is 0 Å². The van der Waals surface area contributed by atoms with Gasteiger partial charge in [0.25, 0.3) is 10.2 Å². The number of nitrogens with two attached hydrogens (primary N) is 1. The van der Waals surface area contributed by atoms with Gasteiger partial charge in [-0.25, -0.2) is 9.86 Å². The van der Waals surface area contributed by atoms with Crippen LogP contribution < -0.4 is 14.6 Å². The summed E-state index contributed by atoms with van der Waals surface area (Å²) in [5.74, 6) is 0.855. The lowest BCUT2D eigenvalue weighted by Gasteiger charge is -2.32. The van der Waals surface area contributed by atoms with E-state index in [9.17, 15) is 8.42 Å². The largest absolute Gasteiger partial charge is 0.491 e. The summed E-state index contributed by atoms with van der Waals surface area (Å²) < 4.78 is 30.0. The summed E-state index contributed by atoms with van der Waals surface area (Å²) in [6.07, 6.45) is 2.00. The van der Waals surface area contributed by atoms with E-state index in [1.54, 1.807) is 18.2 Å². The van der Waals surface area contributed by atoms with E-state index in [-0.39, 0.29) is 5.92 Å². The first-order valence-corrected chi connectivity index (χ1v) is 9.14. The SMILES string of the molecule is N#Cc1ccccc1OCCN1CCCC(CNS(N)(=O)=O)C1. The second kappa shape index (κ2) is 8.26. The molecule has 1 aromatic carbocycles. The minimum atomic E-state index is -3.63. The van der Waals surface area contributed by atoms with Crippen LogP contribution in [0.3, 0.4) is 0 Å². The smallest absolute Gasteiger partial charge is 0.274 e. The molecule has 0 saturated carbocycles. The fraction of sp³-hybridized carbons (Fsp3) is 0.533. The van der Waals surface area contributed by atoms with Crippen LogP contribution in [0.4, 0.5) is 0 Å². The summed E-state index contributed by atoms with van der Waals surface area (Å²) in [7, 11) is -3.63. The number of likely N-dealkylation sites (tertiary alicyclic amines) is 1. The van der Waals surface area contributed by atoms with Gasteiger partial charge in [-0.15, -0.1) is 0 Å². The molecule has 0 spiro atoms. The standard InChI is InChI=1S/C15H22N4O3S/c16-10-14-5-1-2-6-15(14)22-9-8-19-7-3-4-13(12-19)11-18-23(17,20)21/h1-2,5-6,13,18H,3-4,7-9,11-12H2,(H2,17,20,21). The predicted molar refractivity (Wildman–Crippen MR) is 86.9 cm³/mol. The highest BCUT2D eigenvalue weighted by atomic mass is 32.2. The highest BCUT2D eigenvalue weighted by molar-refractivity contribution is 7.87. The topological polar surface area (TPSA) is 108 Å². The number of piperidine rings is 1. The van der Waals surface area contributed by atoms with Crippen molar-refractivity contribution < 1.29 is 13.2 Å². The Morgan fingerprint density at radius 2 is 2.22 bits per heavy atom. The van der Waals surface area contributed by atoms with Gasteiger partial charge in [0, 0.05) is 19.6 Å². The van der Waals surface area contributed by atoms with Gasteiger partial charge in [0.15, 0.2) is 0 Å². The number of nitriles is 1. The monoisotopic (exact) mass is 338 g/mol. The third-order valence-corrected chi connectivity index (χ3v) is 4.42. The molecule has 1 aliphatic rings. The maximum Gasteiger partial charge on any atom is 0.274 e. The van der Waals surface area contributed by atoms with Gasteiger partial charge >= 0.3 is 0 Å². The van der Waals surface area contributed by atoms with E-state index in [2.05, 4.69) is 15.7 Å². The number of hydrogen-bond acceptors (Lipinski definition) is 5. The predicted octanol–water partition coefficient (Wildman–Crippen LogP) is 0.442. The summed E-state index contributed by atoms with van der Waals surface area (Å²) in [6, 6.07) is 9.26. The molecule has 1 aromatic rings. The van der Waals surface area contributed by atoms with Crippen molar-refractivity contribution in [3.8, 4) is 11.8 Å². The van der Waals surface area contributed by atoms with Gasteiger partial charge in [-0.2, -0.15) is 13.7 Å². The molecule has 8 heteroatoms. The molecule has 1 aliphatic heterocycles. The van der Waals surface area contributed by atoms with Crippen LogP contribution in [0.5, 0.6) is 5.75 Å². The number of rotatable bonds is 7. The maximum atomic E-state index is 11.0. The molecule has 0 amide bonds. The Morgan fingerprint density at radius 1 is 1.43 bits per heavy atom. The molecule has 23 heavy (non-hydrogen) atoms. The van der Waals surface area contributed by atoms with Crippen molar-refractivity contribution in [2.24, 2.45) is 11.1 Å². The van der Waals surface area contributed by atoms with E-state index in [1.165, 1.54) is 0 Å². The number of para-hydroxylation sites is 1. The maximum absolute atomic E-state index is 11.0. The van der Waals surface area contributed by atoms with Crippen molar-refractivity contribution >= 4 is 10.2 Å². The molecular weight excluding hydrogens is 316 g/mol. The van der Waals surface area contributed by atoms with Gasteiger partial charge in [-0.05, 0) is 37.4 Å². The van der Waals surface area contributed by atoms with Crippen molar-refractivity contribution in [3.63, 3.8) is 0 Å². The van der Waals surface area contributed by atoms with Gasteiger partial charge in [-0.1, -0.05) is 12.1 Å². The third-order valence-electron chi connectivity index (χ3n) is 3.85. The number of nitrogens with one attached hydrogen (secondary N) is 1. The average molecular weight is 338 g/mol. The summed E-state index contributed by atoms with van der Waals surface area (Å²) in [5, 5.41) is 14.0. The molecule has 0 radical (unpaired) electrons. The first-order chi connectivity index (χ1) is 11.0. The Kier molecular flexibility index (Phi) is 6.36. The van der Waals surface area contributed by atoms with Gasteiger partial charge < -0.3 is 4.74 Å². The minimum Gasteiger partial charge on any atom is -0.491 e. The molecule has 7 nitrogen and oxygen atoms in total. The summed E-state index contributed by atoms with van der Waals surface area (Å²) >= 11 is 0. The minimum absolute atomic E-state index is 0.258. The Hall–Kier alpha value is -1.66. The third kappa shape index (κ3) is 6.15. The zero-order chi connectivity index (χ0) is 16.7. The Morgan fingerprint density at radius 3 is 2.96 bits per heavy atom. The molecule has 1 atom stereocenters. The molecule has 1 unspecified atom stereocenters. The normalized spacial score (nSPS) is 19.2. The fourth-order valence-corrected chi connectivity index (χ4v) is 3.19. The van der Waals surface area contributed by atoms with Crippen LogP contribution in [0.25, 0.3) is 0 Å². The van der Waals surface area contributed by atoms with Crippen molar-refractivity contribution in [2.75, 3.05) is 32.8 Å². The Bertz CT molecular complexity index is 657. The lowest BCUT2D eigenvalue weighted by atomic mass is 9.98. The van der Waals surface area contributed by atoms with Crippen LogP contribution in [0.1, 0.15) is 18.4 Å². The van der Waals surface area contributed by atoms with Gasteiger partial charge in [0.2, 0.25) is 0 Å². The number of benzene rings is 1. The molecule has 2 rings (SSSR count). The van der Waals surface area contributed by atoms with Crippen LogP contribution in [-0.2, 0) is 10.2 Å². The molecule has 0 aromatic heterocycles. The highest BCUT2D eigenvalue weighted by Gasteiger charge is 2.20. The lowest BCUT2D eigenvalue weighted by molar-refractivity contribution is 0.148. The Labute approximate surface area is 137 Å². The van der Waals surface area contributed by atoms with Crippen molar-refractivity contribution in [1.82, 2.24) is 9.62 Å². The zero-order valence-electron chi connectivity index (χ0n) is 12.9. The van der Waals surface area contributed by atoms with E-state index in [4.69, 9.17) is 15.1 Å². The molecule has 0 aliphatic carbocycles. The van der Waals surface area contributed by atoms with Crippen molar-refractivity contribution in [1.29, 1.82) is 5.26 Å². The first kappa shape index (κ1) is 17.7. The summed E-state index contributed by atoms with van der Waals surface area (Å²) in [4.78, 5) is 2.24. The molecule has 1 fully saturated rings. The first-order valence-electron chi connectivity index (χ1n) is 7.59. The Balaban J connectivity index is 1.76. The fourth-order valence-electron chi connectivity index (χ4n) is 2.72. The molecule has 126 valence electrons. The van der Waals surface area contributed by atoms with Crippen LogP contribution >= 0.6 is 0 Å². The molecule has 3 N–H and O–H groups in total. The quantitative estimate of drug-likeness (QED) is 0.750. The van der Waals surface area contributed by atoms with E-state index in [1.807, 2.05) is 6.07 Å². The zero-order valence-corrected chi connectivity index (χ0v) is 13.8. The second-order valence-electron chi connectivity index (χ2n) is 5.66. The van der Waals surface area contributed by atoms with Gasteiger partial charge in [0.1, 0.15) is 18.4 Å². The van der Waals surface area contributed by atoms with Crippen molar-refractivity contribution in [3.05, 3.63) is 29.8 Å². The number of nitrogens with zero attached hydrogens (tertiary/aromatic N) is 2. The van der Waals surface area contributed by atoms with E-state index in [0.717, 1.165) is 32.5 Å². The van der Waals surface area contributed by atoms with Crippen LogP contribution in [0, 0.1) is 17.2 Å². The average Bonchev–Trinajstić information content (AvgIpc) is 2.53. The van der Waals surface area contributed by atoms with Gasteiger partial charge in [0.05, 0.1) is 5.56 Å². The lowest BCUT2D eigenvalue weighted by Crippen LogP contribution is -2.43. The van der Waals surface area contributed by atoms with E-state index in [0.29, 0.717) is 24.5 Å². The van der Waals surface area contributed by atoms with Crippen LogP contribution in [-0.4, -0.2) is 46.1 Å². The molecule has 1 heterocycles. The molecular formula is C15H22N4O3S. The second-order valence-corrected chi connectivity index (χ2v) is 7.04. The highest BCUT2D eigenvalue weighted by Crippen LogP contribution is 2.18. The summed E-state index contributed by atoms with van der Waals surface area (Å²) in [5.41, 5.74) is 0.529. The molecule has 1 saturated heterocycles. The van der Waals surface area contributed by atoms with E-state index < -0.39 is 10.2 Å². The van der Waals surface area contributed by atoms with Gasteiger partial charge in [-0.3, -0.25) is 4.90 Å². The van der Waals surface area contributed by atoms with Crippen LogP contribution in [0.15, 0.2) is 24.3 Å². The summed E-state index contributed by atoms with van der Waals surface area (Å²) in [6.45, 7) is 3.38. The number of hydrogen-bond donors (Lipinski definition) is 2.